The second kappa shape index (κ2) is 9.72. The fourth-order valence-electron chi connectivity index (χ4n) is 2.55. The van der Waals surface area contributed by atoms with Crippen LogP contribution >= 0.6 is 0 Å². The molecule has 2 rings (SSSR count). The standard InChI is InChI=1S/C19H27N5O4/c1-19(2,3)28-18(27)20-12-8-7-11-14(21-17(25)26)16-22-15(23-24-16)13-9-5-4-6-10-13/h4-6,9-10,14,21H,7-8,11-12H2,1-3H3,(H,20,27)(H,25,26)(H,22,23,24). The quantitative estimate of drug-likeness (QED) is 0.512. The number of benzene rings is 1. The van der Waals surface area contributed by atoms with E-state index in [0.717, 1.165) is 5.56 Å². The Morgan fingerprint density at radius 1 is 1.21 bits per heavy atom. The van der Waals surface area contributed by atoms with Crippen LogP contribution in [0.1, 0.15) is 51.9 Å². The van der Waals surface area contributed by atoms with Crippen molar-refractivity contribution in [2.45, 2.75) is 51.7 Å². The minimum Gasteiger partial charge on any atom is -0.465 e. The van der Waals surface area contributed by atoms with Crippen molar-refractivity contribution in [3.05, 3.63) is 36.2 Å². The summed E-state index contributed by atoms with van der Waals surface area (Å²) < 4.78 is 5.17. The molecule has 0 saturated carbocycles. The maximum atomic E-state index is 11.6. The van der Waals surface area contributed by atoms with E-state index in [9.17, 15) is 9.59 Å². The average molecular weight is 389 g/mol. The number of aromatic nitrogens is 3. The molecule has 1 aromatic heterocycles. The second-order valence-electron chi connectivity index (χ2n) is 7.33. The van der Waals surface area contributed by atoms with Crippen LogP contribution in [0.3, 0.4) is 0 Å². The first-order valence-corrected chi connectivity index (χ1v) is 9.18. The fourth-order valence-corrected chi connectivity index (χ4v) is 2.55. The van der Waals surface area contributed by atoms with Crippen molar-refractivity contribution < 1.29 is 19.4 Å². The van der Waals surface area contributed by atoms with Gasteiger partial charge in [-0.25, -0.2) is 14.6 Å². The number of carbonyl (C=O) groups is 2. The van der Waals surface area contributed by atoms with Gasteiger partial charge in [-0.2, -0.15) is 5.10 Å². The molecular formula is C19H27N5O4. The molecule has 9 heteroatoms. The number of carbonyl (C=O) groups excluding carboxylic acids is 1. The zero-order valence-electron chi connectivity index (χ0n) is 16.4. The maximum Gasteiger partial charge on any atom is 0.407 e. The van der Waals surface area contributed by atoms with Gasteiger partial charge in [0.25, 0.3) is 0 Å². The van der Waals surface area contributed by atoms with Crippen molar-refractivity contribution in [2.24, 2.45) is 0 Å². The Hall–Kier alpha value is -3.10. The van der Waals surface area contributed by atoms with Gasteiger partial charge in [-0.1, -0.05) is 30.3 Å². The molecule has 1 unspecified atom stereocenters. The van der Waals surface area contributed by atoms with E-state index >= 15 is 0 Å². The van der Waals surface area contributed by atoms with E-state index in [0.29, 0.717) is 37.5 Å². The number of amides is 2. The van der Waals surface area contributed by atoms with Crippen molar-refractivity contribution in [1.29, 1.82) is 0 Å². The molecule has 0 spiro atoms. The summed E-state index contributed by atoms with van der Waals surface area (Å²) in [6, 6.07) is 8.94. The molecule has 0 aliphatic rings. The van der Waals surface area contributed by atoms with Gasteiger partial charge >= 0.3 is 12.2 Å². The highest BCUT2D eigenvalue weighted by Crippen LogP contribution is 2.20. The molecule has 2 amide bonds. The summed E-state index contributed by atoms with van der Waals surface area (Å²) in [4.78, 5) is 27.2. The van der Waals surface area contributed by atoms with E-state index in [1.165, 1.54) is 0 Å². The predicted molar refractivity (Wildman–Crippen MR) is 104 cm³/mol. The van der Waals surface area contributed by atoms with Gasteiger partial charge in [-0.15, -0.1) is 0 Å². The molecule has 0 aliphatic heterocycles. The fraction of sp³-hybridized carbons (Fsp3) is 0.474. The van der Waals surface area contributed by atoms with Crippen LogP contribution in [-0.4, -0.2) is 44.6 Å². The topological polar surface area (TPSA) is 129 Å². The van der Waals surface area contributed by atoms with E-state index in [-0.39, 0.29) is 0 Å². The molecule has 0 radical (unpaired) electrons. The molecule has 1 atom stereocenters. The molecule has 1 aromatic carbocycles. The van der Waals surface area contributed by atoms with E-state index in [1.54, 1.807) is 20.8 Å². The first kappa shape index (κ1) is 21.2. The van der Waals surface area contributed by atoms with Crippen molar-refractivity contribution >= 4 is 12.2 Å². The van der Waals surface area contributed by atoms with Gasteiger partial charge < -0.3 is 20.5 Å². The summed E-state index contributed by atoms with van der Waals surface area (Å²) in [5, 5.41) is 21.2. The largest absolute Gasteiger partial charge is 0.465 e. The Kier molecular flexibility index (Phi) is 7.36. The minimum absolute atomic E-state index is 0.390. The molecule has 0 saturated heterocycles. The third-order valence-corrected chi connectivity index (χ3v) is 3.75. The highest BCUT2D eigenvalue weighted by Gasteiger charge is 2.19. The van der Waals surface area contributed by atoms with Gasteiger partial charge in [-0.3, -0.25) is 5.10 Å². The number of ether oxygens (including phenoxy) is 1. The number of hydrogen-bond acceptors (Lipinski definition) is 5. The molecule has 0 bridgehead atoms. The number of rotatable bonds is 8. The third-order valence-electron chi connectivity index (χ3n) is 3.75. The van der Waals surface area contributed by atoms with E-state index in [1.807, 2.05) is 30.3 Å². The van der Waals surface area contributed by atoms with Crippen molar-refractivity contribution in [3.8, 4) is 11.4 Å². The Morgan fingerprint density at radius 2 is 1.93 bits per heavy atom. The summed E-state index contributed by atoms with van der Waals surface area (Å²) in [7, 11) is 0. The third kappa shape index (κ3) is 7.26. The molecule has 28 heavy (non-hydrogen) atoms. The van der Waals surface area contributed by atoms with Gasteiger partial charge in [0, 0.05) is 12.1 Å². The van der Waals surface area contributed by atoms with Gasteiger partial charge in [0.15, 0.2) is 11.6 Å². The van der Waals surface area contributed by atoms with E-state index in [4.69, 9.17) is 9.84 Å². The summed E-state index contributed by atoms with van der Waals surface area (Å²) in [5.74, 6) is 0.973. The number of aromatic amines is 1. The number of H-pyrrole nitrogens is 1. The summed E-state index contributed by atoms with van der Waals surface area (Å²) in [6.45, 7) is 5.85. The first-order chi connectivity index (χ1) is 13.2. The Balaban J connectivity index is 1.86. The monoisotopic (exact) mass is 389 g/mol. The van der Waals surface area contributed by atoms with Gasteiger partial charge in [0.2, 0.25) is 0 Å². The molecule has 0 aliphatic carbocycles. The van der Waals surface area contributed by atoms with Gasteiger partial charge in [0.1, 0.15) is 5.60 Å². The zero-order chi connectivity index (χ0) is 20.6. The van der Waals surface area contributed by atoms with Gasteiger partial charge in [0.05, 0.1) is 6.04 Å². The number of nitrogens with one attached hydrogen (secondary N) is 3. The Bertz CT molecular complexity index is 770. The summed E-state index contributed by atoms with van der Waals surface area (Å²) >= 11 is 0. The van der Waals surface area contributed by atoms with Crippen LogP contribution in [0.2, 0.25) is 0 Å². The van der Waals surface area contributed by atoms with Crippen LogP contribution in [0, 0.1) is 0 Å². The van der Waals surface area contributed by atoms with Crippen LogP contribution in [-0.2, 0) is 4.74 Å². The van der Waals surface area contributed by atoms with Crippen LogP contribution in [0.5, 0.6) is 0 Å². The number of alkyl carbamates (subject to hydrolysis) is 1. The zero-order valence-corrected chi connectivity index (χ0v) is 16.4. The smallest absolute Gasteiger partial charge is 0.407 e. The highest BCUT2D eigenvalue weighted by atomic mass is 16.6. The van der Waals surface area contributed by atoms with E-state index < -0.39 is 23.8 Å². The average Bonchev–Trinajstić information content (AvgIpc) is 3.09. The van der Waals surface area contributed by atoms with Gasteiger partial charge in [-0.05, 0) is 40.0 Å². The Morgan fingerprint density at radius 3 is 2.57 bits per heavy atom. The first-order valence-electron chi connectivity index (χ1n) is 9.18. The lowest BCUT2D eigenvalue weighted by molar-refractivity contribution is 0.0527. The SMILES string of the molecule is CC(C)(C)OC(=O)NCCCCC(NC(=O)O)c1n[nH]c(-c2ccccc2)n1. The van der Waals surface area contributed by atoms with Crippen molar-refractivity contribution in [3.63, 3.8) is 0 Å². The number of carboxylic acid groups (broad SMARTS) is 1. The predicted octanol–water partition coefficient (Wildman–Crippen LogP) is 3.48. The summed E-state index contributed by atoms with van der Waals surface area (Å²) in [5.41, 5.74) is 0.333. The minimum atomic E-state index is -1.14. The number of hydrogen-bond donors (Lipinski definition) is 4. The van der Waals surface area contributed by atoms with Crippen LogP contribution < -0.4 is 10.6 Å². The molecule has 4 N–H and O–H groups in total. The molecule has 2 aromatic rings. The van der Waals surface area contributed by atoms with Crippen LogP contribution in [0.15, 0.2) is 30.3 Å². The van der Waals surface area contributed by atoms with E-state index in [2.05, 4.69) is 25.8 Å². The molecule has 152 valence electrons. The lowest BCUT2D eigenvalue weighted by Gasteiger charge is -2.19. The normalized spacial score (nSPS) is 12.2. The van der Waals surface area contributed by atoms with Crippen molar-refractivity contribution in [1.82, 2.24) is 25.8 Å². The highest BCUT2D eigenvalue weighted by molar-refractivity contribution is 5.67. The number of unbranched alkanes of at least 4 members (excludes halogenated alkanes) is 1. The Labute approximate surface area is 163 Å². The number of nitrogens with zero attached hydrogens (tertiary/aromatic N) is 2. The lowest BCUT2D eigenvalue weighted by Crippen LogP contribution is -2.33. The molecule has 0 fully saturated rings. The van der Waals surface area contributed by atoms with Crippen LogP contribution in [0.4, 0.5) is 9.59 Å². The lowest BCUT2D eigenvalue weighted by atomic mass is 10.1. The summed E-state index contributed by atoms with van der Waals surface area (Å²) in [6.07, 6.45) is 0.259. The molecular weight excluding hydrogens is 362 g/mol. The second-order valence-corrected chi connectivity index (χ2v) is 7.33. The van der Waals surface area contributed by atoms with Crippen LogP contribution in [0.25, 0.3) is 11.4 Å². The molecule has 1 heterocycles. The molecule has 9 nitrogen and oxygen atoms in total. The van der Waals surface area contributed by atoms with Crippen molar-refractivity contribution in [2.75, 3.05) is 6.54 Å². The maximum absolute atomic E-state index is 11.6.